The van der Waals surface area contributed by atoms with Crippen molar-refractivity contribution in [3.63, 3.8) is 0 Å². The van der Waals surface area contributed by atoms with Crippen LogP contribution in [0.1, 0.15) is 23.3 Å². The molecule has 0 unspecified atom stereocenters. The number of carbonyl (C=O) groups is 1. The maximum absolute atomic E-state index is 12.4. The summed E-state index contributed by atoms with van der Waals surface area (Å²) in [4.78, 5) is 18.6. The topological polar surface area (TPSA) is 53.4 Å². The van der Waals surface area contributed by atoms with Crippen molar-refractivity contribution in [3.05, 3.63) is 42.1 Å². The van der Waals surface area contributed by atoms with Gasteiger partial charge in [-0.05, 0) is 25.0 Å². The number of carbonyl (C=O) groups excluding carboxylic acids is 1. The molecule has 3 rings (SSSR count). The molecule has 0 aliphatic carbocycles. The molecule has 0 spiro atoms. The van der Waals surface area contributed by atoms with Crippen LogP contribution in [-0.2, 0) is 0 Å². The van der Waals surface area contributed by atoms with Crippen molar-refractivity contribution >= 4 is 16.8 Å². The first-order valence-electron chi connectivity index (χ1n) is 6.57. The normalized spacial score (nSPS) is 19.0. The van der Waals surface area contributed by atoms with E-state index < -0.39 is 0 Å². The van der Waals surface area contributed by atoms with E-state index in [0.29, 0.717) is 12.2 Å². The predicted octanol–water partition coefficient (Wildman–Crippen LogP) is 1.83. The highest BCUT2D eigenvalue weighted by Gasteiger charge is 2.29. The Bertz CT molecular complexity index is 612. The van der Waals surface area contributed by atoms with Crippen LogP contribution in [0.5, 0.6) is 0 Å². The lowest BCUT2D eigenvalue weighted by atomic mass is 10.2. The van der Waals surface area contributed by atoms with Crippen molar-refractivity contribution in [2.45, 2.75) is 18.9 Å². The monoisotopic (exact) mass is 256 g/mol. The molecule has 4 heteroatoms. The van der Waals surface area contributed by atoms with Gasteiger partial charge in [-0.15, -0.1) is 0 Å². The van der Waals surface area contributed by atoms with Crippen LogP contribution in [0, 0.1) is 0 Å². The predicted molar refractivity (Wildman–Crippen MR) is 72.9 cm³/mol. The average Bonchev–Trinajstić information content (AvgIpc) is 2.94. The van der Waals surface area contributed by atoms with Crippen molar-refractivity contribution in [1.29, 1.82) is 0 Å². The molecule has 4 nitrogen and oxygen atoms in total. The number of nitrogens with zero attached hydrogens (tertiary/aromatic N) is 2. The summed E-state index contributed by atoms with van der Waals surface area (Å²) in [5, 5.41) is 10.3. The van der Waals surface area contributed by atoms with Gasteiger partial charge in [0.2, 0.25) is 0 Å². The molecular weight excluding hydrogens is 240 g/mol. The van der Waals surface area contributed by atoms with E-state index in [9.17, 15) is 9.90 Å². The van der Waals surface area contributed by atoms with Crippen LogP contribution >= 0.6 is 0 Å². The lowest BCUT2D eigenvalue weighted by Crippen LogP contribution is -2.38. The molecule has 1 saturated heterocycles. The summed E-state index contributed by atoms with van der Waals surface area (Å²) in [5.41, 5.74) is 1.28. The Labute approximate surface area is 111 Å². The number of aliphatic hydroxyl groups is 1. The second-order valence-electron chi connectivity index (χ2n) is 4.87. The Morgan fingerprint density at radius 3 is 3.00 bits per heavy atom. The molecule has 1 aliphatic rings. The maximum Gasteiger partial charge on any atom is 0.272 e. The number of fused-ring (bicyclic) bond motifs is 1. The van der Waals surface area contributed by atoms with Crippen molar-refractivity contribution < 1.29 is 9.90 Å². The van der Waals surface area contributed by atoms with Gasteiger partial charge in [0.25, 0.3) is 5.91 Å². The SMILES string of the molecule is O=C(c1ccc2ccccc2n1)N1CCC[C@H]1CO. The van der Waals surface area contributed by atoms with Gasteiger partial charge < -0.3 is 10.0 Å². The minimum atomic E-state index is -0.0812. The first-order chi connectivity index (χ1) is 9.29. The second-order valence-corrected chi connectivity index (χ2v) is 4.87. The molecule has 19 heavy (non-hydrogen) atoms. The van der Waals surface area contributed by atoms with Gasteiger partial charge in [-0.1, -0.05) is 24.3 Å². The van der Waals surface area contributed by atoms with Gasteiger partial charge in [-0.3, -0.25) is 4.79 Å². The van der Waals surface area contributed by atoms with Crippen LogP contribution in [-0.4, -0.2) is 40.1 Å². The minimum Gasteiger partial charge on any atom is -0.394 e. The Hall–Kier alpha value is -1.94. The van der Waals surface area contributed by atoms with Gasteiger partial charge in [-0.25, -0.2) is 4.98 Å². The molecule has 1 aliphatic heterocycles. The van der Waals surface area contributed by atoms with E-state index in [2.05, 4.69) is 4.98 Å². The fourth-order valence-corrected chi connectivity index (χ4v) is 2.63. The summed E-state index contributed by atoms with van der Waals surface area (Å²) >= 11 is 0. The van der Waals surface area contributed by atoms with Gasteiger partial charge >= 0.3 is 0 Å². The van der Waals surface area contributed by atoms with Gasteiger partial charge in [0.15, 0.2) is 0 Å². The smallest absolute Gasteiger partial charge is 0.272 e. The first kappa shape index (κ1) is 12.1. The molecule has 0 radical (unpaired) electrons. The molecule has 1 atom stereocenters. The summed E-state index contributed by atoms with van der Waals surface area (Å²) in [5.74, 6) is -0.0812. The number of rotatable bonds is 2. The molecule has 2 aromatic rings. The number of para-hydroxylation sites is 1. The van der Waals surface area contributed by atoms with E-state index in [4.69, 9.17) is 0 Å². The zero-order chi connectivity index (χ0) is 13.2. The second kappa shape index (κ2) is 4.97. The highest BCUT2D eigenvalue weighted by atomic mass is 16.3. The zero-order valence-corrected chi connectivity index (χ0v) is 10.6. The summed E-state index contributed by atoms with van der Waals surface area (Å²) in [6, 6.07) is 11.4. The third-order valence-corrected chi connectivity index (χ3v) is 3.67. The Morgan fingerprint density at radius 1 is 1.32 bits per heavy atom. The molecule has 1 aromatic heterocycles. The maximum atomic E-state index is 12.4. The van der Waals surface area contributed by atoms with E-state index in [1.807, 2.05) is 30.3 Å². The lowest BCUT2D eigenvalue weighted by molar-refractivity contribution is 0.0672. The van der Waals surface area contributed by atoms with Crippen LogP contribution in [0.2, 0.25) is 0 Å². The highest BCUT2D eigenvalue weighted by molar-refractivity contribution is 5.95. The number of aliphatic hydroxyl groups excluding tert-OH is 1. The molecule has 0 bridgehead atoms. The summed E-state index contributed by atoms with van der Waals surface area (Å²) in [7, 11) is 0. The molecule has 0 saturated carbocycles. The Kier molecular flexibility index (Phi) is 3.17. The number of hydrogen-bond donors (Lipinski definition) is 1. The highest BCUT2D eigenvalue weighted by Crippen LogP contribution is 2.20. The molecule has 1 amide bonds. The number of aromatic nitrogens is 1. The molecule has 1 N–H and O–H groups in total. The number of benzene rings is 1. The molecular formula is C15H16N2O2. The average molecular weight is 256 g/mol. The molecule has 2 heterocycles. The quantitative estimate of drug-likeness (QED) is 0.892. The minimum absolute atomic E-state index is 0.0271. The fourth-order valence-electron chi connectivity index (χ4n) is 2.63. The summed E-state index contributed by atoms with van der Waals surface area (Å²) in [6.07, 6.45) is 1.82. The number of hydrogen-bond acceptors (Lipinski definition) is 3. The molecule has 1 fully saturated rings. The fraction of sp³-hybridized carbons (Fsp3) is 0.333. The standard InChI is InChI=1S/C15H16N2O2/c18-10-12-5-3-9-17(12)15(19)14-8-7-11-4-1-2-6-13(11)16-14/h1-2,4,6-8,12,18H,3,5,9-10H2/t12-/m0/s1. The Morgan fingerprint density at radius 2 is 2.16 bits per heavy atom. The van der Waals surface area contributed by atoms with Crippen LogP contribution in [0.25, 0.3) is 10.9 Å². The zero-order valence-electron chi connectivity index (χ0n) is 10.6. The van der Waals surface area contributed by atoms with E-state index in [0.717, 1.165) is 23.7 Å². The molecule has 98 valence electrons. The third-order valence-electron chi connectivity index (χ3n) is 3.67. The van der Waals surface area contributed by atoms with Crippen molar-refractivity contribution in [1.82, 2.24) is 9.88 Å². The number of amides is 1. The van der Waals surface area contributed by atoms with Crippen molar-refractivity contribution in [3.8, 4) is 0 Å². The van der Waals surface area contributed by atoms with Gasteiger partial charge in [-0.2, -0.15) is 0 Å². The Balaban J connectivity index is 1.93. The number of pyridine rings is 1. The lowest BCUT2D eigenvalue weighted by Gasteiger charge is -2.22. The van der Waals surface area contributed by atoms with E-state index in [-0.39, 0.29) is 18.6 Å². The van der Waals surface area contributed by atoms with Crippen LogP contribution in [0.4, 0.5) is 0 Å². The summed E-state index contributed by atoms with van der Waals surface area (Å²) < 4.78 is 0. The van der Waals surface area contributed by atoms with Crippen molar-refractivity contribution in [2.75, 3.05) is 13.2 Å². The summed E-state index contributed by atoms with van der Waals surface area (Å²) in [6.45, 7) is 0.734. The van der Waals surface area contributed by atoms with Crippen LogP contribution < -0.4 is 0 Å². The van der Waals surface area contributed by atoms with E-state index >= 15 is 0 Å². The third kappa shape index (κ3) is 2.19. The van der Waals surface area contributed by atoms with Crippen LogP contribution in [0.3, 0.4) is 0 Å². The van der Waals surface area contributed by atoms with E-state index in [1.165, 1.54) is 0 Å². The molecule has 1 aromatic carbocycles. The van der Waals surface area contributed by atoms with Crippen molar-refractivity contribution in [2.24, 2.45) is 0 Å². The van der Waals surface area contributed by atoms with Gasteiger partial charge in [0.05, 0.1) is 18.2 Å². The van der Waals surface area contributed by atoms with Crippen LogP contribution in [0.15, 0.2) is 36.4 Å². The van der Waals surface area contributed by atoms with Gasteiger partial charge in [0.1, 0.15) is 5.69 Å². The number of likely N-dealkylation sites (tertiary alicyclic amines) is 1. The largest absolute Gasteiger partial charge is 0.394 e. The first-order valence-corrected chi connectivity index (χ1v) is 6.57. The van der Waals surface area contributed by atoms with E-state index in [1.54, 1.807) is 11.0 Å². The van der Waals surface area contributed by atoms with Gasteiger partial charge in [0, 0.05) is 11.9 Å².